The maximum atomic E-state index is 12.6. The molecule has 0 aromatic heterocycles. The van der Waals surface area contributed by atoms with Crippen LogP contribution >= 0.6 is 0 Å². The van der Waals surface area contributed by atoms with E-state index in [-0.39, 0.29) is 44.1 Å². The van der Waals surface area contributed by atoms with E-state index in [0.29, 0.717) is 0 Å². The van der Waals surface area contributed by atoms with Gasteiger partial charge in [0.15, 0.2) is 0 Å². The van der Waals surface area contributed by atoms with Crippen molar-refractivity contribution in [3.63, 3.8) is 0 Å². The van der Waals surface area contributed by atoms with Crippen LogP contribution in [0.3, 0.4) is 0 Å². The van der Waals surface area contributed by atoms with Gasteiger partial charge in [-0.3, -0.25) is 4.79 Å². The van der Waals surface area contributed by atoms with Gasteiger partial charge in [0, 0.05) is 26.2 Å². The van der Waals surface area contributed by atoms with E-state index in [1.807, 2.05) is 0 Å². The van der Waals surface area contributed by atoms with E-state index in [4.69, 9.17) is 5.14 Å². The van der Waals surface area contributed by atoms with Crippen molar-refractivity contribution in [3.8, 4) is 0 Å². The number of benzene rings is 1. The van der Waals surface area contributed by atoms with E-state index in [0.717, 1.165) is 16.4 Å². The maximum absolute atomic E-state index is 12.6. The molecule has 1 heterocycles. The van der Waals surface area contributed by atoms with Crippen molar-refractivity contribution in [2.75, 3.05) is 26.2 Å². The summed E-state index contributed by atoms with van der Waals surface area (Å²) < 4.78 is 61.4. The first-order valence-corrected chi connectivity index (χ1v) is 8.29. The molecular formula is C13H16F3N3O3S. The summed E-state index contributed by atoms with van der Waals surface area (Å²) in [4.78, 5) is 13.5. The van der Waals surface area contributed by atoms with Crippen molar-refractivity contribution in [2.24, 2.45) is 5.14 Å². The van der Waals surface area contributed by atoms with Gasteiger partial charge in [0.25, 0.3) is 10.2 Å². The fourth-order valence-corrected chi connectivity index (χ4v) is 3.01. The van der Waals surface area contributed by atoms with Crippen LogP contribution in [-0.2, 0) is 27.6 Å². The average molecular weight is 351 g/mol. The Labute approximate surface area is 131 Å². The molecule has 2 N–H and O–H groups in total. The molecule has 6 nitrogen and oxygen atoms in total. The molecule has 1 aromatic carbocycles. The summed E-state index contributed by atoms with van der Waals surface area (Å²) in [5.41, 5.74) is -0.541. The van der Waals surface area contributed by atoms with E-state index in [2.05, 4.69) is 0 Å². The lowest BCUT2D eigenvalue weighted by molar-refractivity contribution is -0.138. The second-order valence-electron chi connectivity index (χ2n) is 5.20. The lowest BCUT2D eigenvalue weighted by Gasteiger charge is -2.33. The normalized spacial score (nSPS) is 17.3. The molecule has 1 aliphatic heterocycles. The maximum Gasteiger partial charge on any atom is 0.416 e. The van der Waals surface area contributed by atoms with Crippen molar-refractivity contribution in [1.29, 1.82) is 0 Å². The van der Waals surface area contributed by atoms with Gasteiger partial charge >= 0.3 is 6.18 Å². The third kappa shape index (κ3) is 4.66. The van der Waals surface area contributed by atoms with Crippen LogP contribution in [0.1, 0.15) is 11.1 Å². The van der Waals surface area contributed by atoms with Gasteiger partial charge < -0.3 is 4.90 Å². The van der Waals surface area contributed by atoms with Gasteiger partial charge in [-0.1, -0.05) is 18.2 Å². The molecule has 128 valence electrons. The third-order valence-corrected chi connectivity index (χ3v) is 4.65. The first-order valence-electron chi connectivity index (χ1n) is 6.79. The van der Waals surface area contributed by atoms with Gasteiger partial charge in [-0.25, -0.2) is 5.14 Å². The quantitative estimate of drug-likeness (QED) is 0.865. The van der Waals surface area contributed by atoms with Crippen molar-refractivity contribution in [2.45, 2.75) is 12.6 Å². The SMILES string of the molecule is NS(=O)(=O)N1CCN(C(=O)Cc2cccc(C(F)(F)F)c2)CC1. The van der Waals surface area contributed by atoms with Crippen LogP contribution in [0, 0.1) is 0 Å². The first-order chi connectivity index (χ1) is 10.6. The minimum atomic E-state index is -4.46. The van der Waals surface area contributed by atoms with Crippen LogP contribution in [0.2, 0.25) is 0 Å². The molecular weight excluding hydrogens is 335 g/mol. The number of alkyl halides is 3. The van der Waals surface area contributed by atoms with Crippen molar-refractivity contribution < 1.29 is 26.4 Å². The summed E-state index contributed by atoms with van der Waals surface area (Å²) in [6.45, 7) is 0.475. The Morgan fingerprint density at radius 3 is 2.30 bits per heavy atom. The van der Waals surface area contributed by atoms with Crippen molar-refractivity contribution in [1.82, 2.24) is 9.21 Å². The Morgan fingerprint density at radius 1 is 1.17 bits per heavy atom. The Bertz CT molecular complexity index is 683. The molecule has 1 fully saturated rings. The topological polar surface area (TPSA) is 83.7 Å². The van der Waals surface area contributed by atoms with E-state index < -0.39 is 21.9 Å². The number of rotatable bonds is 3. The Kier molecular flexibility index (Phi) is 4.97. The Morgan fingerprint density at radius 2 is 1.78 bits per heavy atom. The molecule has 1 amide bonds. The standard InChI is InChI=1S/C13H16F3N3O3S/c14-13(15,16)11-3-1-2-10(8-11)9-12(20)18-4-6-19(7-5-18)23(17,21)22/h1-3,8H,4-7,9H2,(H2,17,21,22). The monoisotopic (exact) mass is 351 g/mol. The fourth-order valence-electron chi connectivity index (χ4n) is 2.34. The highest BCUT2D eigenvalue weighted by molar-refractivity contribution is 7.86. The minimum Gasteiger partial charge on any atom is -0.340 e. The molecule has 0 atom stereocenters. The molecule has 1 aromatic rings. The third-order valence-electron chi connectivity index (χ3n) is 3.56. The summed E-state index contributed by atoms with van der Waals surface area (Å²) in [5.74, 6) is -0.349. The molecule has 0 spiro atoms. The van der Waals surface area contributed by atoms with Gasteiger partial charge in [-0.05, 0) is 11.6 Å². The number of halogens is 3. The highest BCUT2D eigenvalue weighted by Gasteiger charge is 2.31. The zero-order chi connectivity index (χ0) is 17.3. The Hall–Kier alpha value is -1.65. The lowest BCUT2D eigenvalue weighted by atomic mass is 10.1. The summed E-state index contributed by atoms with van der Waals surface area (Å²) >= 11 is 0. The smallest absolute Gasteiger partial charge is 0.340 e. The minimum absolute atomic E-state index is 0.0766. The number of nitrogens with two attached hydrogens (primary N) is 1. The molecule has 0 saturated carbocycles. The second-order valence-corrected chi connectivity index (χ2v) is 6.75. The highest BCUT2D eigenvalue weighted by atomic mass is 32.2. The molecule has 0 aliphatic carbocycles. The molecule has 2 rings (SSSR count). The van der Waals surface area contributed by atoms with Crippen LogP contribution in [0.4, 0.5) is 13.2 Å². The Balaban J connectivity index is 1.98. The zero-order valence-electron chi connectivity index (χ0n) is 12.1. The largest absolute Gasteiger partial charge is 0.416 e. The second kappa shape index (κ2) is 6.46. The number of amides is 1. The van der Waals surface area contributed by atoms with Gasteiger partial charge in [0.05, 0.1) is 12.0 Å². The van der Waals surface area contributed by atoms with Gasteiger partial charge in [0.1, 0.15) is 0 Å². The lowest BCUT2D eigenvalue weighted by Crippen LogP contribution is -2.52. The molecule has 1 saturated heterocycles. The van der Waals surface area contributed by atoms with Crippen LogP contribution in [-0.4, -0.2) is 49.7 Å². The average Bonchev–Trinajstić information content (AvgIpc) is 2.46. The number of hydrogen-bond acceptors (Lipinski definition) is 3. The van der Waals surface area contributed by atoms with E-state index in [1.54, 1.807) is 0 Å². The molecule has 10 heteroatoms. The molecule has 0 unspecified atom stereocenters. The summed E-state index contributed by atoms with van der Waals surface area (Å²) in [6.07, 6.45) is -4.63. The number of hydrogen-bond donors (Lipinski definition) is 1. The van der Waals surface area contributed by atoms with Crippen LogP contribution < -0.4 is 5.14 Å². The van der Waals surface area contributed by atoms with E-state index >= 15 is 0 Å². The molecule has 0 bridgehead atoms. The molecule has 0 radical (unpaired) electrons. The predicted octanol–water partition coefficient (Wildman–Crippen LogP) is 0.596. The summed E-state index contributed by atoms with van der Waals surface area (Å²) in [5, 5.41) is 5.00. The van der Waals surface area contributed by atoms with Gasteiger partial charge in [-0.2, -0.15) is 25.9 Å². The van der Waals surface area contributed by atoms with Crippen molar-refractivity contribution >= 4 is 16.1 Å². The van der Waals surface area contributed by atoms with E-state index in [1.165, 1.54) is 17.0 Å². The number of carbonyl (C=O) groups excluding carboxylic acids is 1. The summed E-state index contributed by atoms with van der Waals surface area (Å²) in [7, 11) is -3.79. The zero-order valence-corrected chi connectivity index (χ0v) is 12.9. The van der Waals surface area contributed by atoms with Crippen LogP contribution in [0.15, 0.2) is 24.3 Å². The van der Waals surface area contributed by atoms with Gasteiger partial charge in [-0.15, -0.1) is 0 Å². The number of carbonyl (C=O) groups is 1. The summed E-state index contributed by atoms with van der Waals surface area (Å²) in [6, 6.07) is 4.59. The van der Waals surface area contributed by atoms with Crippen LogP contribution in [0.25, 0.3) is 0 Å². The number of nitrogens with zero attached hydrogens (tertiary/aromatic N) is 2. The van der Waals surface area contributed by atoms with Crippen molar-refractivity contribution in [3.05, 3.63) is 35.4 Å². The highest BCUT2D eigenvalue weighted by Crippen LogP contribution is 2.29. The fraction of sp³-hybridized carbons (Fsp3) is 0.462. The van der Waals surface area contributed by atoms with Gasteiger partial charge in [0.2, 0.25) is 5.91 Å². The number of piperazine rings is 1. The first kappa shape index (κ1) is 17.7. The van der Waals surface area contributed by atoms with Crippen LogP contribution in [0.5, 0.6) is 0 Å². The predicted molar refractivity (Wildman–Crippen MR) is 76.4 cm³/mol. The molecule has 23 heavy (non-hydrogen) atoms. The van der Waals surface area contributed by atoms with E-state index in [9.17, 15) is 26.4 Å². The molecule has 1 aliphatic rings.